The van der Waals surface area contributed by atoms with E-state index in [0.717, 1.165) is 12.8 Å². The summed E-state index contributed by atoms with van der Waals surface area (Å²) in [6, 6.07) is -0.709. The Morgan fingerprint density at radius 3 is 2.90 bits per heavy atom. The SMILES string of the molecule is N[C@H](C(=O)O)[C@@H]1C=CCC1. The molecular weight excluding hydrogens is 130 g/mol. The first-order valence-electron chi connectivity index (χ1n) is 3.37. The lowest BCUT2D eigenvalue weighted by Gasteiger charge is -2.11. The Bertz CT molecular complexity index is 165. The molecule has 0 aromatic rings. The Balaban J connectivity index is 2.48. The predicted molar refractivity (Wildman–Crippen MR) is 37.5 cm³/mol. The highest BCUT2D eigenvalue weighted by molar-refractivity contribution is 5.73. The van der Waals surface area contributed by atoms with E-state index in [1.165, 1.54) is 0 Å². The fraction of sp³-hybridized carbons (Fsp3) is 0.571. The summed E-state index contributed by atoms with van der Waals surface area (Å²) < 4.78 is 0. The molecule has 0 aliphatic heterocycles. The zero-order valence-corrected chi connectivity index (χ0v) is 5.66. The second-order valence-corrected chi connectivity index (χ2v) is 2.53. The smallest absolute Gasteiger partial charge is 0.321 e. The molecule has 0 radical (unpaired) electrons. The van der Waals surface area contributed by atoms with Gasteiger partial charge < -0.3 is 10.8 Å². The van der Waals surface area contributed by atoms with E-state index in [0.29, 0.717) is 0 Å². The maximum atomic E-state index is 10.3. The molecule has 3 nitrogen and oxygen atoms in total. The number of rotatable bonds is 2. The van der Waals surface area contributed by atoms with Gasteiger partial charge in [-0.2, -0.15) is 0 Å². The van der Waals surface area contributed by atoms with Crippen LogP contribution in [0.25, 0.3) is 0 Å². The second-order valence-electron chi connectivity index (χ2n) is 2.53. The lowest BCUT2D eigenvalue weighted by atomic mass is 10.0. The van der Waals surface area contributed by atoms with E-state index < -0.39 is 12.0 Å². The summed E-state index contributed by atoms with van der Waals surface area (Å²) in [5, 5.41) is 8.48. The molecule has 0 bridgehead atoms. The molecule has 2 atom stereocenters. The molecule has 1 rings (SSSR count). The van der Waals surface area contributed by atoms with Gasteiger partial charge >= 0.3 is 5.97 Å². The van der Waals surface area contributed by atoms with E-state index >= 15 is 0 Å². The zero-order valence-electron chi connectivity index (χ0n) is 5.66. The highest BCUT2D eigenvalue weighted by atomic mass is 16.4. The number of allylic oxidation sites excluding steroid dienone is 1. The third-order valence-electron chi connectivity index (χ3n) is 1.80. The minimum Gasteiger partial charge on any atom is -0.480 e. The minimum absolute atomic E-state index is 0.0532. The van der Waals surface area contributed by atoms with E-state index in [1.54, 1.807) is 0 Å². The van der Waals surface area contributed by atoms with Crippen molar-refractivity contribution in [3.05, 3.63) is 12.2 Å². The molecule has 0 aromatic heterocycles. The van der Waals surface area contributed by atoms with Crippen molar-refractivity contribution < 1.29 is 9.90 Å². The molecule has 10 heavy (non-hydrogen) atoms. The molecule has 0 amide bonds. The lowest BCUT2D eigenvalue weighted by molar-refractivity contribution is -0.139. The van der Waals surface area contributed by atoms with Gasteiger partial charge in [-0.15, -0.1) is 0 Å². The number of aliphatic carboxylic acids is 1. The summed E-state index contributed by atoms with van der Waals surface area (Å²) in [6.45, 7) is 0. The van der Waals surface area contributed by atoms with Crippen LogP contribution < -0.4 is 5.73 Å². The highest BCUT2D eigenvalue weighted by Crippen LogP contribution is 2.19. The number of nitrogens with two attached hydrogens (primary N) is 1. The Kier molecular flexibility index (Phi) is 2.06. The zero-order chi connectivity index (χ0) is 7.56. The minimum atomic E-state index is -0.906. The normalized spacial score (nSPS) is 26.7. The molecule has 0 saturated heterocycles. The molecular formula is C7H11NO2. The first kappa shape index (κ1) is 7.28. The fourth-order valence-corrected chi connectivity index (χ4v) is 1.14. The van der Waals surface area contributed by atoms with Gasteiger partial charge in [0.15, 0.2) is 0 Å². The van der Waals surface area contributed by atoms with Gasteiger partial charge in [0.2, 0.25) is 0 Å². The van der Waals surface area contributed by atoms with Gasteiger partial charge in [-0.1, -0.05) is 12.2 Å². The molecule has 3 N–H and O–H groups in total. The number of hydrogen-bond acceptors (Lipinski definition) is 2. The summed E-state index contributed by atoms with van der Waals surface area (Å²) >= 11 is 0. The second kappa shape index (κ2) is 2.84. The topological polar surface area (TPSA) is 63.3 Å². The first-order valence-corrected chi connectivity index (χ1v) is 3.37. The van der Waals surface area contributed by atoms with Crippen LogP contribution in [0.1, 0.15) is 12.8 Å². The van der Waals surface area contributed by atoms with E-state index in [4.69, 9.17) is 10.8 Å². The Morgan fingerprint density at radius 1 is 1.80 bits per heavy atom. The monoisotopic (exact) mass is 141 g/mol. The molecule has 0 spiro atoms. The number of hydrogen-bond donors (Lipinski definition) is 2. The molecule has 0 unspecified atom stereocenters. The Labute approximate surface area is 59.5 Å². The quantitative estimate of drug-likeness (QED) is 0.546. The van der Waals surface area contributed by atoms with E-state index in [1.807, 2.05) is 12.2 Å². The molecule has 0 fully saturated rings. The summed E-state index contributed by atoms with van der Waals surface area (Å²) in [7, 11) is 0. The number of carboxylic acids is 1. The van der Waals surface area contributed by atoms with E-state index in [2.05, 4.69) is 0 Å². The molecule has 56 valence electrons. The van der Waals surface area contributed by atoms with Gasteiger partial charge in [-0.25, -0.2) is 0 Å². The van der Waals surface area contributed by atoms with Crippen LogP contribution in [0.15, 0.2) is 12.2 Å². The van der Waals surface area contributed by atoms with Crippen molar-refractivity contribution in [2.45, 2.75) is 18.9 Å². The van der Waals surface area contributed by atoms with Crippen molar-refractivity contribution in [2.75, 3.05) is 0 Å². The number of carboxylic acid groups (broad SMARTS) is 1. The summed E-state index contributed by atoms with van der Waals surface area (Å²) in [4.78, 5) is 10.3. The number of carbonyl (C=O) groups is 1. The maximum Gasteiger partial charge on any atom is 0.321 e. The fourth-order valence-electron chi connectivity index (χ4n) is 1.14. The van der Waals surface area contributed by atoms with Gasteiger partial charge in [0.05, 0.1) is 0 Å². The summed E-state index contributed by atoms with van der Waals surface area (Å²) in [5.41, 5.74) is 5.37. The van der Waals surface area contributed by atoms with E-state index in [9.17, 15) is 4.79 Å². The molecule has 3 heteroatoms. The van der Waals surface area contributed by atoms with Crippen LogP contribution in [0.3, 0.4) is 0 Å². The summed E-state index contributed by atoms with van der Waals surface area (Å²) in [5.74, 6) is -0.853. The van der Waals surface area contributed by atoms with E-state index in [-0.39, 0.29) is 5.92 Å². The van der Waals surface area contributed by atoms with Gasteiger partial charge in [0.25, 0.3) is 0 Å². The average Bonchev–Trinajstić information content (AvgIpc) is 2.36. The van der Waals surface area contributed by atoms with Gasteiger partial charge in [0, 0.05) is 5.92 Å². The van der Waals surface area contributed by atoms with Crippen molar-refractivity contribution >= 4 is 5.97 Å². The highest BCUT2D eigenvalue weighted by Gasteiger charge is 2.23. The Morgan fingerprint density at radius 2 is 2.50 bits per heavy atom. The van der Waals surface area contributed by atoms with Gasteiger partial charge in [-0.05, 0) is 12.8 Å². The van der Waals surface area contributed by atoms with Crippen LogP contribution in [0.5, 0.6) is 0 Å². The van der Waals surface area contributed by atoms with Crippen LogP contribution in [-0.2, 0) is 4.79 Å². The average molecular weight is 141 g/mol. The predicted octanol–water partition coefficient (Wildman–Crippen LogP) is 0.364. The third kappa shape index (κ3) is 1.36. The third-order valence-corrected chi connectivity index (χ3v) is 1.80. The van der Waals surface area contributed by atoms with Crippen molar-refractivity contribution in [1.82, 2.24) is 0 Å². The van der Waals surface area contributed by atoms with Gasteiger partial charge in [-0.3, -0.25) is 4.79 Å². The molecule has 1 aliphatic carbocycles. The van der Waals surface area contributed by atoms with Crippen LogP contribution >= 0.6 is 0 Å². The van der Waals surface area contributed by atoms with Crippen LogP contribution in [0.2, 0.25) is 0 Å². The van der Waals surface area contributed by atoms with Crippen molar-refractivity contribution in [2.24, 2.45) is 11.7 Å². The maximum absolute atomic E-state index is 10.3. The molecule has 1 aliphatic rings. The van der Waals surface area contributed by atoms with Crippen molar-refractivity contribution in [3.8, 4) is 0 Å². The Hall–Kier alpha value is -0.830. The molecule has 0 saturated carbocycles. The van der Waals surface area contributed by atoms with Gasteiger partial charge in [0.1, 0.15) is 6.04 Å². The largest absolute Gasteiger partial charge is 0.480 e. The van der Waals surface area contributed by atoms with Crippen LogP contribution in [0.4, 0.5) is 0 Å². The standard InChI is InChI=1S/C7H11NO2/c8-6(7(9)10)5-3-1-2-4-5/h1,3,5-6H,2,4,8H2,(H,9,10)/t5-,6+/m1/s1. The lowest BCUT2D eigenvalue weighted by Crippen LogP contribution is -2.36. The molecule has 0 aromatic carbocycles. The van der Waals surface area contributed by atoms with Crippen LogP contribution in [0, 0.1) is 5.92 Å². The molecule has 0 heterocycles. The first-order chi connectivity index (χ1) is 4.72. The van der Waals surface area contributed by atoms with Crippen molar-refractivity contribution in [3.63, 3.8) is 0 Å². The van der Waals surface area contributed by atoms with Crippen molar-refractivity contribution in [1.29, 1.82) is 0 Å². The summed E-state index contributed by atoms with van der Waals surface area (Å²) in [6.07, 6.45) is 5.71. The van der Waals surface area contributed by atoms with Crippen LogP contribution in [-0.4, -0.2) is 17.1 Å².